The maximum atomic E-state index is 12.8. The molecule has 1 fully saturated rings. The summed E-state index contributed by atoms with van der Waals surface area (Å²) in [6.45, 7) is 9.59. The van der Waals surface area contributed by atoms with Gasteiger partial charge in [0.2, 0.25) is 5.91 Å². The number of nitrogens with one attached hydrogen (secondary N) is 1. The van der Waals surface area contributed by atoms with Crippen LogP contribution in [0.5, 0.6) is 0 Å². The monoisotopic (exact) mass is 268 g/mol. The standard InChI is InChI=1S/C16H32N2O/c1-4-7-8-14(6-3)16(19)18(13-5-2)15-9-11-17-12-10-15/h14-15,17H,4-13H2,1-3H3. The Balaban J connectivity index is 2.63. The number of amides is 1. The molecule has 0 aromatic rings. The average Bonchev–Trinajstić information content (AvgIpc) is 2.46. The summed E-state index contributed by atoms with van der Waals surface area (Å²) >= 11 is 0. The van der Waals surface area contributed by atoms with Crippen LogP contribution in [0.25, 0.3) is 0 Å². The fourth-order valence-corrected chi connectivity index (χ4v) is 3.02. The second kappa shape index (κ2) is 9.35. The molecule has 0 bridgehead atoms. The molecule has 0 radical (unpaired) electrons. The summed E-state index contributed by atoms with van der Waals surface area (Å²) in [5.41, 5.74) is 0. The van der Waals surface area contributed by atoms with Crippen molar-refractivity contribution in [2.45, 2.75) is 71.8 Å². The normalized spacial score (nSPS) is 18.3. The van der Waals surface area contributed by atoms with Crippen molar-refractivity contribution in [3.8, 4) is 0 Å². The molecule has 112 valence electrons. The molecule has 0 aliphatic carbocycles. The smallest absolute Gasteiger partial charge is 0.225 e. The molecule has 1 heterocycles. The molecule has 1 N–H and O–H groups in total. The largest absolute Gasteiger partial charge is 0.339 e. The van der Waals surface area contributed by atoms with Crippen LogP contribution in [0.15, 0.2) is 0 Å². The van der Waals surface area contributed by atoms with Gasteiger partial charge in [0.15, 0.2) is 0 Å². The van der Waals surface area contributed by atoms with Crippen molar-refractivity contribution >= 4 is 5.91 Å². The van der Waals surface area contributed by atoms with Gasteiger partial charge in [0.05, 0.1) is 0 Å². The van der Waals surface area contributed by atoms with Crippen LogP contribution in [0.2, 0.25) is 0 Å². The van der Waals surface area contributed by atoms with E-state index in [1.807, 2.05) is 0 Å². The first-order chi connectivity index (χ1) is 9.24. The zero-order valence-corrected chi connectivity index (χ0v) is 13.1. The Labute approximate surface area is 119 Å². The third-order valence-corrected chi connectivity index (χ3v) is 4.25. The molecule has 1 amide bonds. The van der Waals surface area contributed by atoms with Crippen molar-refractivity contribution < 1.29 is 4.79 Å². The summed E-state index contributed by atoms with van der Waals surface area (Å²) in [5, 5.41) is 3.39. The summed E-state index contributed by atoms with van der Waals surface area (Å²) in [4.78, 5) is 15.0. The Morgan fingerprint density at radius 1 is 1.21 bits per heavy atom. The van der Waals surface area contributed by atoms with E-state index in [4.69, 9.17) is 0 Å². The van der Waals surface area contributed by atoms with Gasteiger partial charge in [-0.25, -0.2) is 0 Å². The maximum absolute atomic E-state index is 12.8. The summed E-state index contributed by atoms with van der Waals surface area (Å²) in [6, 6.07) is 0.476. The number of nitrogens with zero attached hydrogens (tertiary/aromatic N) is 1. The summed E-state index contributed by atoms with van der Waals surface area (Å²) in [5.74, 6) is 0.672. The fraction of sp³-hybridized carbons (Fsp3) is 0.938. The minimum atomic E-state index is 0.251. The molecule has 1 saturated heterocycles. The van der Waals surface area contributed by atoms with Crippen molar-refractivity contribution in [3.63, 3.8) is 0 Å². The van der Waals surface area contributed by atoms with Crippen LogP contribution >= 0.6 is 0 Å². The van der Waals surface area contributed by atoms with Crippen LogP contribution in [0, 0.1) is 5.92 Å². The van der Waals surface area contributed by atoms with Gasteiger partial charge in [-0.1, -0.05) is 33.6 Å². The molecule has 1 unspecified atom stereocenters. The summed E-state index contributed by atoms with van der Waals surface area (Å²) < 4.78 is 0. The van der Waals surface area contributed by atoms with Crippen molar-refractivity contribution in [1.29, 1.82) is 0 Å². The molecule has 0 saturated carbocycles. The van der Waals surface area contributed by atoms with E-state index >= 15 is 0 Å². The van der Waals surface area contributed by atoms with Crippen LogP contribution < -0.4 is 5.32 Å². The highest BCUT2D eigenvalue weighted by Crippen LogP contribution is 2.21. The van der Waals surface area contributed by atoms with E-state index < -0.39 is 0 Å². The molecule has 19 heavy (non-hydrogen) atoms. The van der Waals surface area contributed by atoms with Gasteiger partial charge in [-0.05, 0) is 45.2 Å². The second-order valence-corrected chi connectivity index (χ2v) is 5.76. The highest BCUT2D eigenvalue weighted by Gasteiger charge is 2.28. The second-order valence-electron chi connectivity index (χ2n) is 5.76. The van der Waals surface area contributed by atoms with E-state index in [1.165, 1.54) is 12.8 Å². The SMILES string of the molecule is CCCCC(CC)C(=O)N(CCC)C1CCNCC1. The molecular weight excluding hydrogens is 236 g/mol. The number of unbranched alkanes of at least 4 members (excludes halogenated alkanes) is 1. The number of rotatable bonds is 8. The molecule has 3 heteroatoms. The zero-order valence-electron chi connectivity index (χ0n) is 13.1. The van der Waals surface area contributed by atoms with Crippen LogP contribution in [0.1, 0.15) is 65.7 Å². The molecule has 0 aromatic heterocycles. The summed E-state index contributed by atoms with van der Waals surface area (Å²) in [6.07, 6.45) is 7.73. The number of piperidine rings is 1. The van der Waals surface area contributed by atoms with Gasteiger partial charge in [0.25, 0.3) is 0 Å². The third kappa shape index (κ3) is 5.13. The van der Waals surface area contributed by atoms with E-state index in [0.717, 1.165) is 51.7 Å². The molecule has 0 aromatic carbocycles. The first-order valence-corrected chi connectivity index (χ1v) is 8.25. The molecular formula is C16H32N2O. The van der Waals surface area contributed by atoms with E-state index in [0.29, 0.717) is 11.9 Å². The molecule has 1 rings (SSSR count). The average molecular weight is 268 g/mol. The maximum Gasteiger partial charge on any atom is 0.225 e. The van der Waals surface area contributed by atoms with E-state index in [-0.39, 0.29) is 5.92 Å². The minimum absolute atomic E-state index is 0.251. The molecule has 1 aliphatic rings. The number of hydrogen-bond acceptors (Lipinski definition) is 2. The van der Waals surface area contributed by atoms with Crippen molar-refractivity contribution in [3.05, 3.63) is 0 Å². The van der Waals surface area contributed by atoms with E-state index in [9.17, 15) is 4.79 Å². The molecule has 3 nitrogen and oxygen atoms in total. The predicted octanol–water partition coefficient (Wildman–Crippen LogP) is 3.19. The van der Waals surface area contributed by atoms with Gasteiger partial charge in [0, 0.05) is 18.5 Å². The van der Waals surface area contributed by atoms with Crippen LogP contribution in [0.3, 0.4) is 0 Å². The molecule has 0 spiro atoms. The van der Waals surface area contributed by atoms with Gasteiger partial charge in [0.1, 0.15) is 0 Å². The summed E-state index contributed by atoms with van der Waals surface area (Å²) in [7, 11) is 0. The Morgan fingerprint density at radius 2 is 1.89 bits per heavy atom. The minimum Gasteiger partial charge on any atom is -0.339 e. The number of carbonyl (C=O) groups excluding carboxylic acids is 1. The van der Waals surface area contributed by atoms with Crippen molar-refractivity contribution in [1.82, 2.24) is 10.2 Å². The van der Waals surface area contributed by atoms with Gasteiger partial charge in [-0.2, -0.15) is 0 Å². The lowest BCUT2D eigenvalue weighted by atomic mass is 9.95. The number of hydrogen-bond donors (Lipinski definition) is 1. The number of carbonyl (C=O) groups is 1. The lowest BCUT2D eigenvalue weighted by Gasteiger charge is -2.36. The topological polar surface area (TPSA) is 32.3 Å². The first-order valence-electron chi connectivity index (χ1n) is 8.25. The van der Waals surface area contributed by atoms with E-state index in [1.54, 1.807) is 0 Å². The highest BCUT2D eigenvalue weighted by atomic mass is 16.2. The van der Waals surface area contributed by atoms with Gasteiger partial charge in [-0.15, -0.1) is 0 Å². The van der Waals surface area contributed by atoms with Gasteiger partial charge < -0.3 is 10.2 Å². The molecule has 1 atom stereocenters. The predicted molar refractivity (Wildman–Crippen MR) is 81.2 cm³/mol. The molecule has 1 aliphatic heterocycles. The van der Waals surface area contributed by atoms with Crippen LogP contribution in [0.4, 0.5) is 0 Å². The zero-order chi connectivity index (χ0) is 14.1. The van der Waals surface area contributed by atoms with Crippen molar-refractivity contribution in [2.75, 3.05) is 19.6 Å². The van der Waals surface area contributed by atoms with Crippen LogP contribution in [-0.4, -0.2) is 36.5 Å². The quantitative estimate of drug-likeness (QED) is 0.733. The van der Waals surface area contributed by atoms with Gasteiger partial charge in [-0.3, -0.25) is 4.79 Å². The lowest BCUT2D eigenvalue weighted by molar-refractivity contribution is -0.139. The van der Waals surface area contributed by atoms with Crippen LogP contribution in [-0.2, 0) is 4.79 Å². The fourth-order valence-electron chi connectivity index (χ4n) is 3.02. The first kappa shape index (κ1) is 16.5. The van der Waals surface area contributed by atoms with E-state index in [2.05, 4.69) is 31.0 Å². The van der Waals surface area contributed by atoms with Crippen molar-refractivity contribution in [2.24, 2.45) is 5.92 Å². The Bertz CT molecular complexity index is 249. The Kier molecular flexibility index (Phi) is 8.11. The van der Waals surface area contributed by atoms with Gasteiger partial charge >= 0.3 is 0 Å². The lowest BCUT2D eigenvalue weighted by Crippen LogP contribution is -2.48. The highest BCUT2D eigenvalue weighted by molar-refractivity contribution is 5.79. The Hall–Kier alpha value is -0.570. The Morgan fingerprint density at radius 3 is 2.42 bits per heavy atom. The third-order valence-electron chi connectivity index (χ3n) is 4.25.